The summed E-state index contributed by atoms with van der Waals surface area (Å²) in [5, 5.41) is 0.649. The third kappa shape index (κ3) is 1.23. The van der Waals surface area contributed by atoms with Crippen LogP contribution in [0.25, 0.3) is 27.7 Å². The number of hydrogen-bond acceptors (Lipinski definition) is 2. The largest absolute Gasteiger partial charge is 0.313 e. The van der Waals surface area contributed by atoms with Crippen LogP contribution in [0.1, 0.15) is 0 Å². The number of hydrogen-bond donors (Lipinski definition) is 0. The molecule has 0 aliphatic carbocycles. The Balaban J connectivity index is 2.42. The second kappa shape index (κ2) is 3.45. The van der Waals surface area contributed by atoms with E-state index in [4.69, 9.17) is 0 Å². The lowest BCUT2D eigenvalue weighted by Crippen LogP contribution is -2.14. The fourth-order valence-electron chi connectivity index (χ4n) is 2.61. The summed E-state index contributed by atoms with van der Waals surface area (Å²) >= 11 is 0. The number of rotatable bonds is 0. The molecule has 0 unspecified atom stereocenters. The number of aromatic nitrogens is 3. The third-order valence-corrected chi connectivity index (χ3v) is 3.54. The minimum absolute atomic E-state index is 0.0163. The van der Waals surface area contributed by atoms with Crippen LogP contribution < -0.4 is 5.56 Å². The van der Waals surface area contributed by atoms with E-state index in [0.29, 0.717) is 11.2 Å². The Morgan fingerprint density at radius 3 is 2.47 bits per heavy atom. The third-order valence-electron chi connectivity index (χ3n) is 3.54. The van der Waals surface area contributed by atoms with Gasteiger partial charge in [0.25, 0.3) is 5.56 Å². The Morgan fingerprint density at radius 1 is 0.947 bits per heavy atom. The molecule has 92 valence electrons. The van der Waals surface area contributed by atoms with E-state index in [9.17, 15) is 4.79 Å². The molecule has 0 aliphatic rings. The first-order valence-electron chi connectivity index (χ1n) is 6.12. The molecule has 0 spiro atoms. The van der Waals surface area contributed by atoms with Crippen molar-refractivity contribution >= 4 is 27.7 Å². The van der Waals surface area contributed by atoms with Crippen LogP contribution in [0.3, 0.4) is 0 Å². The summed E-state index contributed by atoms with van der Waals surface area (Å²) < 4.78 is 3.63. The highest BCUT2D eigenvalue weighted by Crippen LogP contribution is 2.18. The first-order valence-corrected chi connectivity index (χ1v) is 6.12. The highest BCUT2D eigenvalue weighted by atomic mass is 16.1. The number of benzene rings is 2. The molecule has 2 aromatic heterocycles. The van der Waals surface area contributed by atoms with Gasteiger partial charge in [0.2, 0.25) is 5.78 Å². The maximum Gasteiger partial charge on any atom is 0.267 e. The van der Waals surface area contributed by atoms with Gasteiger partial charge in [0.15, 0.2) is 0 Å². The topological polar surface area (TPSA) is 39.3 Å². The van der Waals surface area contributed by atoms with Crippen LogP contribution in [0.5, 0.6) is 0 Å². The zero-order valence-corrected chi connectivity index (χ0v) is 10.4. The van der Waals surface area contributed by atoms with Gasteiger partial charge in [-0.05, 0) is 24.3 Å². The molecule has 0 saturated heterocycles. The lowest BCUT2D eigenvalue weighted by Gasteiger charge is -1.99. The van der Waals surface area contributed by atoms with Crippen molar-refractivity contribution in [2.75, 3.05) is 0 Å². The average molecular weight is 249 g/mol. The zero-order valence-electron chi connectivity index (χ0n) is 10.4. The zero-order chi connectivity index (χ0) is 13.0. The van der Waals surface area contributed by atoms with Crippen LogP contribution in [-0.4, -0.2) is 14.0 Å². The van der Waals surface area contributed by atoms with Crippen LogP contribution in [0.15, 0.2) is 53.3 Å². The number of imidazole rings is 1. The van der Waals surface area contributed by atoms with E-state index in [-0.39, 0.29) is 5.56 Å². The summed E-state index contributed by atoms with van der Waals surface area (Å²) in [4.78, 5) is 17.2. The molecule has 19 heavy (non-hydrogen) atoms. The summed E-state index contributed by atoms with van der Waals surface area (Å²) in [7, 11) is 1.93. The van der Waals surface area contributed by atoms with Crippen LogP contribution in [0, 0.1) is 0 Å². The van der Waals surface area contributed by atoms with Crippen molar-refractivity contribution in [2.45, 2.75) is 0 Å². The van der Waals surface area contributed by atoms with Crippen molar-refractivity contribution in [3.63, 3.8) is 0 Å². The fourth-order valence-corrected chi connectivity index (χ4v) is 2.61. The van der Waals surface area contributed by atoms with Gasteiger partial charge in [-0.2, -0.15) is 0 Å². The summed E-state index contributed by atoms with van der Waals surface area (Å²) in [6.45, 7) is 0. The predicted molar refractivity (Wildman–Crippen MR) is 75.4 cm³/mol. The number of fused-ring (bicyclic) bond motifs is 4. The number of nitrogens with zero attached hydrogens (tertiary/aromatic N) is 3. The van der Waals surface area contributed by atoms with Gasteiger partial charge in [0, 0.05) is 7.05 Å². The summed E-state index contributed by atoms with van der Waals surface area (Å²) in [5.74, 6) is 0.671. The molecule has 2 aromatic carbocycles. The predicted octanol–water partition coefficient (Wildman–Crippen LogP) is 2.34. The van der Waals surface area contributed by atoms with Gasteiger partial charge in [-0.25, -0.2) is 9.38 Å². The van der Waals surface area contributed by atoms with Crippen molar-refractivity contribution in [1.29, 1.82) is 0 Å². The van der Waals surface area contributed by atoms with Crippen LogP contribution in [0.2, 0.25) is 0 Å². The first kappa shape index (κ1) is 10.3. The molecule has 0 radical (unpaired) electrons. The van der Waals surface area contributed by atoms with Crippen molar-refractivity contribution in [3.8, 4) is 0 Å². The molecule has 4 heteroatoms. The van der Waals surface area contributed by atoms with Gasteiger partial charge in [0.05, 0.1) is 21.9 Å². The summed E-state index contributed by atoms with van der Waals surface area (Å²) in [6.07, 6.45) is 0. The Morgan fingerprint density at radius 2 is 1.63 bits per heavy atom. The molecular formula is C15H11N3O. The molecule has 0 atom stereocenters. The van der Waals surface area contributed by atoms with E-state index < -0.39 is 0 Å². The first-order chi connectivity index (χ1) is 9.27. The Kier molecular flexibility index (Phi) is 1.87. The molecule has 0 bridgehead atoms. The molecule has 4 rings (SSSR count). The van der Waals surface area contributed by atoms with Gasteiger partial charge in [-0.3, -0.25) is 4.79 Å². The van der Waals surface area contributed by atoms with E-state index in [1.54, 1.807) is 4.40 Å². The van der Waals surface area contributed by atoms with Crippen LogP contribution in [-0.2, 0) is 7.05 Å². The lowest BCUT2D eigenvalue weighted by molar-refractivity contribution is 0.949. The van der Waals surface area contributed by atoms with Gasteiger partial charge >= 0.3 is 0 Å². The van der Waals surface area contributed by atoms with E-state index >= 15 is 0 Å². The highest BCUT2D eigenvalue weighted by molar-refractivity contribution is 5.85. The minimum Gasteiger partial charge on any atom is -0.313 e. The summed E-state index contributed by atoms with van der Waals surface area (Å²) in [6, 6.07) is 15.3. The van der Waals surface area contributed by atoms with Crippen molar-refractivity contribution < 1.29 is 0 Å². The van der Waals surface area contributed by atoms with Gasteiger partial charge in [-0.15, -0.1) is 0 Å². The van der Waals surface area contributed by atoms with Crippen LogP contribution in [0.4, 0.5) is 0 Å². The molecule has 0 amide bonds. The van der Waals surface area contributed by atoms with Crippen LogP contribution >= 0.6 is 0 Å². The van der Waals surface area contributed by atoms with Crippen molar-refractivity contribution in [1.82, 2.24) is 14.0 Å². The maximum atomic E-state index is 12.6. The molecule has 0 N–H and O–H groups in total. The quantitative estimate of drug-likeness (QED) is 0.480. The summed E-state index contributed by atoms with van der Waals surface area (Å²) in [5.41, 5.74) is 2.61. The van der Waals surface area contributed by atoms with E-state index in [1.807, 2.05) is 60.1 Å². The Hall–Kier alpha value is -2.62. The second-order valence-corrected chi connectivity index (χ2v) is 4.62. The minimum atomic E-state index is -0.0163. The normalized spacial score (nSPS) is 11.6. The van der Waals surface area contributed by atoms with Gasteiger partial charge < -0.3 is 4.57 Å². The van der Waals surface area contributed by atoms with Crippen molar-refractivity contribution in [2.24, 2.45) is 7.05 Å². The maximum absolute atomic E-state index is 12.6. The van der Waals surface area contributed by atoms with E-state index in [0.717, 1.165) is 16.6 Å². The molecule has 0 saturated carbocycles. The van der Waals surface area contributed by atoms with Gasteiger partial charge in [-0.1, -0.05) is 24.3 Å². The molecule has 0 aliphatic heterocycles. The van der Waals surface area contributed by atoms with Crippen molar-refractivity contribution in [3.05, 3.63) is 58.9 Å². The smallest absolute Gasteiger partial charge is 0.267 e. The monoisotopic (exact) mass is 249 g/mol. The number of aryl methyl sites for hydroxylation is 1. The Labute approximate surface area is 108 Å². The van der Waals surface area contributed by atoms with E-state index in [2.05, 4.69) is 4.98 Å². The molecule has 0 fully saturated rings. The molecule has 2 heterocycles. The fraction of sp³-hybridized carbons (Fsp3) is 0.0667. The Bertz CT molecular complexity index is 995. The highest BCUT2D eigenvalue weighted by Gasteiger charge is 2.12. The standard InChI is InChI=1S/C15H11N3O/c1-17-12-8-4-5-9-13(12)18-14(19)10-6-2-3-7-11(10)16-15(17)18/h2-9H,1H3. The molecule has 4 nitrogen and oxygen atoms in total. The molecular weight excluding hydrogens is 238 g/mol. The van der Waals surface area contributed by atoms with Gasteiger partial charge in [0.1, 0.15) is 0 Å². The SMILES string of the molecule is Cn1c2ccccc2n2c(=O)c3ccccc3nc12. The average Bonchev–Trinajstić information content (AvgIpc) is 2.74. The number of para-hydroxylation sites is 3. The molecule has 4 aromatic rings. The lowest BCUT2D eigenvalue weighted by atomic mass is 10.2. The second-order valence-electron chi connectivity index (χ2n) is 4.62. The van der Waals surface area contributed by atoms with E-state index in [1.165, 1.54) is 0 Å².